The van der Waals surface area contributed by atoms with Crippen LogP contribution in [0.2, 0.25) is 0 Å². The molecule has 0 aromatic heterocycles. The fraction of sp³-hybridized carbons (Fsp3) is 0.818. The predicted octanol–water partition coefficient (Wildman–Crippen LogP) is -1.03. The molecule has 0 spiro atoms. The highest BCUT2D eigenvalue weighted by Crippen LogP contribution is 2.11. The summed E-state index contributed by atoms with van der Waals surface area (Å²) in [7, 11) is 0. The van der Waals surface area contributed by atoms with E-state index in [1.165, 1.54) is 0 Å². The molecule has 100 valence electrons. The fourth-order valence-electron chi connectivity index (χ4n) is 1.53. The minimum absolute atomic E-state index is 0.105. The van der Waals surface area contributed by atoms with Crippen LogP contribution in [-0.4, -0.2) is 42.7 Å². The lowest BCUT2D eigenvalue weighted by molar-refractivity contribution is -0.125. The molecule has 0 aromatic rings. The van der Waals surface area contributed by atoms with E-state index in [-0.39, 0.29) is 37.4 Å². The zero-order valence-electron chi connectivity index (χ0n) is 10.5. The molecule has 0 bridgehead atoms. The molecule has 0 heterocycles. The number of aliphatic hydroxyl groups excluding tert-OH is 1. The topological polar surface area (TPSA) is 104 Å². The van der Waals surface area contributed by atoms with E-state index in [9.17, 15) is 14.7 Å². The summed E-state index contributed by atoms with van der Waals surface area (Å²) in [4.78, 5) is 22.1. The molecule has 0 aliphatic heterocycles. The summed E-state index contributed by atoms with van der Waals surface area (Å²) in [5.41, 5.74) is 5.07. The van der Waals surface area contributed by atoms with E-state index in [1.54, 1.807) is 0 Å². The van der Waals surface area contributed by atoms with Crippen LogP contribution in [0.1, 0.15) is 26.7 Å². The molecule has 0 aliphatic rings. The Balaban J connectivity index is 3.79. The van der Waals surface area contributed by atoms with Crippen molar-refractivity contribution in [1.82, 2.24) is 10.6 Å². The predicted molar refractivity (Wildman–Crippen MR) is 65.2 cm³/mol. The monoisotopic (exact) mass is 245 g/mol. The first-order chi connectivity index (χ1) is 8.04. The second-order valence-electron chi connectivity index (χ2n) is 3.93. The second-order valence-corrected chi connectivity index (χ2v) is 3.93. The first kappa shape index (κ1) is 15.9. The molecule has 0 aliphatic carbocycles. The summed E-state index contributed by atoms with van der Waals surface area (Å²) in [5.74, 6) is -0.508. The SMILES string of the molecule is CCC(CC)C(O)CNC(=O)CNC(=O)CN. The minimum Gasteiger partial charge on any atom is -0.391 e. The minimum atomic E-state index is -0.542. The van der Waals surface area contributed by atoms with Gasteiger partial charge in [-0.2, -0.15) is 0 Å². The summed E-state index contributed by atoms with van der Waals surface area (Å²) >= 11 is 0. The number of rotatable bonds is 8. The first-order valence-corrected chi connectivity index (χ1v) is 5.96. The summed E-state index contributed by atoms with van der Waals surface area (Å²) in [5, 5.41) is 14.7. The first-order valence-electron chi connectivity index (χ1n) is 5.96. The van der Waals surface area contributed by atoms with Gasteiger partial charge in [0.25, 0.3) is 0 Å². The van der Waals surface area contributed by atoms with Crippen molar-refractivity contribution in [2.45, 2.75) is 32.8 Å². The smallest absolute Gasteiger partial charge is 0.239 e. The van der Waals surface area contributed by atoms with Crippen LogP contribution in [0.25, 0.3) is 0 Å². The number of amides is 2. The van der Waals surface area contributed by atoms with Gasteiger partial charge in [0.05, 0.1) is 19.2 Å². The Morgan fingerprint density at radius 1 is 1.18 bits per heavy atom. The number of hydrogen-bond acceptors (Lipinski definition) is 4. The van der Waals surface area contributed by atoms with Crippen molar-refractivity contribution in [1.29, 1.82) is 0 Å². The van der Waals surface area contributed by atoms with Crippen LogP contribution in [0, 0.1) is 5.92 Å². The van der Waals surface area contributed by atoms with Crippen LogP contribution < -0.4 is 16.4 Å². The van der Waals surface area contributed by atoms with Crippen LogP contribution >= 0.6 is 0 Å². The molecule has 0 rings (SSSR count). The maximum absolute atomic E-state index is 11.3. The highest BCUT2D eigenvalue weighted by molar-refractivity contribution is 5.85. The number of aliphatic hydroxyl groups is 1. The van der Waals surface area contributed by atoms with Gasteiger partial charge >= 0.3 is 0 Å². The van der Waals surface area contributed by atoms with Gasteiger partial charge in [-0.05, 0) is 5.92 Å². The highest BCUT2D eigenvalue weighted by Gasteiger charge is 2.16. The molecule has 6 nitrogen and oxygen atoms in total. The maximum atomic E-state index is 11.3. The summed E-state index contributed by atoms with van der Waals surface area (Å²) in [6.45, 7) is 3.97. The largest absolute Gasteiger partial charge is 0.391 e. The van der Waals surface area contributed by atoms with Crippen LogP contribution in [0.4, 0.5) is 0 Å². The Morgan fingerprint density at radius 3 is 2.24 bits per heavy atom. The molecule has 5 N–H and O–H groups in total. The van der Waals surface area contributed by atoms with Crippen molar-refractivity contribution in [3.05, 3.63) is 0 Å². The molecular weight excluding hydrogens is 222 g/mol. The molecule has 1 atom stereocenters. The van der Waals surface area contributed by atoms with Crippen LogP contribution in [0.3, 0.4) is 0 Å². The van der Waals surface area contributed by atoms with Gasteiger partial charge in [0.15, 0.2) is 0 Å². The van der Waals surface area contributed by atoms with E-state index in [4.69, 9.17) is 5.73 Å². The van der Waals surface area contributed by atoms with Crippen LogP contribution in [0.5, 0.6) is 0 Å². The number of nitrogens with one attached hydrogen (secondary N) is 2. The second kappa shape index (κ2) is 8.95. The Kier molecular flexibility index (Phi) is 8.35. The van der Waals surface area contributed by atoms with E-state index in [0.29, 0.717) is 0 Å². The third-order valence-electron chi connectivity index (χ3n) is 2.73. The molecular formula is C11H23N3O3. The van der Waals surface area contributed by atoms with Gasteiger partial charge < -0.3 is 21.5 Å². The lowest BCUT2D eigenvalue weighted by atomic mass is 9.96. The van der Waals surface area contributed by atoms with Crippen LogP contribution in [-0.2, 0) is 9.59 Å². The van der Waals surface area contributed by atoms with Crippen LogP contribution in [0.15, 0.2) is 0 Å². The van der Waals surface area contributed by atoms with Crippen molar-refractivity contribution in [2.75, 3.05) is 19.6 Å². The summed E-state index contributed by atoms with van der Waals surface area (Å²) < 4.78 is 0. The van der Waals surface area contributed by atoms with Crippen molar-refractivity contribution < 1.29 is 14.7 Å². The Labute approximate surface area is 102 Å². The van der Waals surface area contributed by atoms with Gasteiger partial charge in [-0.3, -0.25) is 9.59 Å². The average molecular weight is 245 g/mol. The van der Waals surface area contributed by atoms with E-state index < -0.39 is 6.10 Å². The molecule has 1 unspecified atom stereocenters. The molecule has 0 radical (unpaired) electrons. The van der Waals surface area contributed by atoms with Gasteiger partial charge in [-0.25, -0.2) is 0 Å². The normalized spacial score (nSPS) is 12.3. The van der Waals surface area contributed by atoms with Crippen molar-refractivity contribution in [2.24, 2.45) is 11.7 Å². The zero-order valence-corrected chi connectivity index (χ0v) is 10.5. The third-order valence-corrected chi connectivity index (χ3v) is 2.73. The van der Waals surface area contributed by atoms with Gasteiger partial charge in [-0.15, -0.1) is 0 Å². The lowest BCUT2D eigenvalue weighted by Crippen LogP contribution is -2.42. The summed E-state index contributed by atoms with van der Waals surface area (Å²) in [6, 6.07) is 0. The van der Waals surface area contributed by atoms with Gasteiger partial charge in [0, 0.05) is 6.54 Å². The van der Waals surface area contributed by atoms with E-state index in [2.05, 4.69) is 10.6 Å². The molecule has 0 fully saturated rings. The number of carbonyl (C=O) groups is 2. The van der Waals surface area contributed by atoms with Crippen molar-refractivity contribution in [3.8, 4) is 0 Å². The average Bonchev–Trinajstić information content (AvgIpc) is 2.34. The number of hydrogen-bond donors (Lipinski definition) is 4. The summed E-state index contributed by atoms with van der Waals surface area (Å²) in [6.07, 6.45) is 1.20. The maximum Gasteiger partial charge on any atom is 0.239 e. The molecule has 6 heteroatoms. The molecule has 0 saturated carbocycles. The quantitative estimate of drug-likeness (QED) is 0.439. The van der Waals surface area contributed by atoms with Gasteiger partial charge in [0.2, 0.25) is 11.8 Å². The van der Waals surface area contributed by atoms with E-state index in [0.717, 1.165) is 12.8 Å². The van der Waals surface area contributed by atoms with E-state index in [1.807, 2.05) is 13.8 Å². The Morgan fingerprint density at radius 2 is 1.76 bits per heavy atom. The standard InChI is InChI=1S/C11H23N3O3/c1-3-8(4-2)9(15)6-13-11(17)7-14-10(16)5-12/h8-9,15H,3-7,12H2,1-2H3,(H,13,17)(H,14,16). The number of nitrogens with two attached hydrogens (primary N) is 1. The van der Waals surface area contributed by atoms with E-state index >= 15 is 0 Å². The highest BCUT2D eigenvalue weighted by atomic mass is 16.3. The van der Waals surface area contributed by atoms with Crippen molar-refractivity contribution in [3.63, 3.8) is 0 Å². The van der Waals surface area contributed by atoms with Gasteiger partial charge in [0.1, 0.15) is 0 Å². The Bertz CT molecular complexity index is 242. The molecule has 0 saturated heterocycles. The number of carbonyl (C=O) groups excluding carboxylic acids is 2. The molecule has 0 aromatic carbocycles. The van der Waals surface area contributed by atoms with Gasteiger partial charge in [-0.1, -0.05) is 26.7 Å². The van der Waals surface area contributed by atoms with Crippen molar-refractivity contribution >= 4 is 11.8 Å². The fourth-order valence-corrected chi connectivity index (χ4v) is 1.53. The zero-order chi connectivity index (χ0) is 13.3. The Hall–Kier alpha value is -1.14. The lowest BCUT2D eigenvalue weighted by Gasteiger charge is -2.20. The third kappa shape index (κ3) is 6.91. The molecule has 2 amide bonds. The molecule has 17 heavy (non-hydrogen) atoms.